The van der Waals surface area contributed by atoms with Crippen LogP contribution < -0.4 is 9.64 Å². The lowest BCUT2D eigenvalue weighted by atomic mass is 10.2. The van der Waals surface area contributed by atoms with Crippen LogP contribution in [0.1, 0.15) is 36.2 Å². The highest BCUT2D eigenvalue weighted by atomic mass is 32.2. The Morgan fingerprint density at radius 2 is 1.92 bits per heavy atom. The minimum Gasteiger partial charge on any atom is -0.477 e. The molecule has 130 valence electrons. The maximum Gasteiger partial charge on any atom is 0.274 e. The zero-order valence-corrected chi connectivity index (χ0v) is 14.9. The average Bonchev–Trinajstić information content (AvgIpc) is 3.31. The predicted molar refractivity (Wildman–Crippen MR) is 97.1 cm³/mol. The number of thioether (sulfide) groups is 1. The van der Waals surface area contributed by atoms with Crippen molar-refractivity contribution in [3.8, 4) is 5.88 Å². The van der Waals surface area contributed by atoms with Crippen LogP contribution in [0, 0.1) is 5.92 Å². The number of anilines is 1. The second kappa shape index (κ2) is 7.21. The van der Waals surface area contributed by atoms with Crippen LogP contribution in [-0.4, -0.2) is 60.1 Å². The smallest absolute Gasteiger partial charge is 0.274 e. The van der Waals surface area contributed by atoms with Crippen molar-refractivity contribution in [1.82, 2.24) is 9.88 Å². The molecule has 1 aliphatic carbocycles. The Bertz CT molecular complexity index is 594. The largest absolute Gasteiger partial charge is 0.477 e. The second-order valence-corrected chi connectivity index (χ2v) is 8.10. The minimum absolute atomic E-state index is 0.0640. The van der Waals surface area contributed by atoms with E-state index in [1.165, 1.54) is 25.7 Å². The quantitative estimate of drug-likeness (QED) is 0.819. The molecule has 0 aromatic carbocycles. The molecule has 3 heterocycles. The van der Waals surface area contributed by atoms with Gasteiger partial charge in [-0.25, -0.2) is 4.98 Å². The van der Waals surface area contributed by atoms with E-state index in [4.69, 9.17) is 4.74 Å². The molecule has 0 spiro atoms. The number of amides is 1. The molecule has 1 amide bonds. The van der Waals surface area contributed by atoms with Gasteiger partial charge in [0.05, 0.1) is 12.3 Å². The van der Waals surface area contributed by atoms with E-state index < -0.39 is 0 Å². The standard InChI is InChI=1S/C18H25N3O2S/c22-18(21-9-11-24-12-10-21)17-15(20-7-1-2-8-20)5-6-16(19-17)23-13-14-3-4-14/h5-6,14H,1-4,7-13H2. The molecule has 0 bridgehead atoms. The number of hydrogen-bond acceptors (Lipinski definition) is 5. The summed E-state index contributed by atoms with van der Waals surface area (Å²) in [5.74, 6) is 3.38. The third-order valence-electron chi connectivity index (χ3n) is 4.96. The first kappa shape index (κ1) is 16.1. The molecule has 3 fully saturated rings. The maximum atomic E-state index is 13.1. The van der Waals surface area contributed by atoms with Crippen molar-refractivity contribution in [2.45, 2.75) is 25.7 Å². The van der Waals surface area contributed by atoms with Crippen LogP contribution in [0.4, 0.5) is 5.69 Å². The van der Waals surface area contributed by atoms with E-state index in [0.29, 0.717) is 17.5 Å². The van der Waals surface area contributed by atoms with Gasteiger partial charge in [-0.05, 0) is 37.7 Å². The highest BCUT2D eigenvalue weighted by Gasteiger charge is 2.27. The molecule has 2 aliphatic heterocycles. The van der Waals surface area contributed by atoms with Crippen LogP contribution in [0.5, 0.6) is 5.88 Å². The number of carbonyl (C=O) groups excluding carboxylic acids is 1. The summed E-state index contributed by atoms with van der Waals surface area (Å²) in [7, 11) is 0. The van der Waals surface area contributed by atoms with E-state index >= 15 is 0 Å². The maximum absolute atomic E-state index is 13.1. The van der Waals surface area contributed by atoms with E-state index in [2.05, 4.69) is 9.88 Å². The Balaban J connectivity index is 1.58. The lowest BCUT2D eigenvalue weighted by Gasteiger charge is -2.28. The van der Waals surface area contributed by atoms with Crippen LogP contribution in [0.25, 0.3) is 0 Å². The van der Waals surface area contributed by atoms with Gasteiger partial charge in [-0.2, -0.15) is 11.8 Å². The van der Waals surface area contributed by atoms with E-state index in [1.807, 2.05) is 28.8 Å². The summed E-state index contributed by atoms with van der Waals surface area (Å²) in [5, 5.41) is 0. The summed E-state index contributed by atoms with van der Waals surface area (Å²) < 4.78 is 5.82. The van der Waals surface area contributed by atoms with Crippen molar-refractivity contribution in [3.05, 3.63) is 17.8 Å². The molecule has 1 saturated carbocycles. The molecule has 0 N–H and O–H groups in total. The molecule has 3 aliphatic rings. The number of pyridine rings is 1. The third kappa shape index (κ3) is 3.63. The first-order valence-corrected chi connectivity index (χ1v) is 10.2. The number of aromatic nitrogens is 1. The van der Waals surface area contributed by atoms with Crippen molar-refractivity contribution in [2.75, 3.05) is 49.2 Å². The van der Waals surface area contributed by atoms with Crippen molar-refractivity contribution in [3.63, 3.8) is 0 Å². The molecule has 5 nitrogen and oxygen atoms in total. The molecular formula is C18H25N3O2S. The summed E-state index contributed by atoms with van der Waals surface area (Å²) in [6.07, 6.45) is 4.88. The molecule has 0 atom stereocenters. The highest BCUT2D eigenvalue weighted by Crippen LogP contribution is 2.31. The van der Waals surface area contributed by atoms with Crippen LogP contribution >= 0.6 is 11.8 Å². The van der Waals surface area contributed by atoms with Gasteiger partial charge in [0.2, 0.25) is 5.88 Å². The molecule has 6 heteroatoms. The van der Waals surface area contributed by atoms with Crippen LogP contribution in [0.2, 0.25) is 0 Å². The van der Waals surface area contributed by atoms with Gasteiger partial charge in [-0.15, -0.1) is 0 Å². The van der Waals surface area contributed by atoms with Crippen LogP contribution in [-0.2, 0) is 0 Å². The molecule has 24 heavy (non-hydrogen) atoms. The Morgan fingerprint density at radius 1 is 1.17 bits per heavy atom. The summed E-state index contributed by atoms with van der Waals surface area (Å²) >= 11 is 1.91. The van der Waals surface area contributed by atoms with Crippen molar-refractivity contribution >= 4 is 23.4 Å². The summed E-state index contributed by atoms with van der Waals surface area (Å²) in [6.45, 7) is 4.39. The van der Waals surface area contributed by atoms with Crippen molar-refractivity contribution < 1.29 is 9.53 Å². The summed E-state index contributed by atoms with van der Waals surface area (Å²) in [6, 6.07) is 3.96. The Morgan fingerprint density at radius 3 is 2.62 bits per heavy atom. The SMILES string of the molecule is O=C(c1nc(OCC2CC2)ccc1N1CCCC1)N1CCSCC1. The van der Waals surface area contributed by atoms with E-state index in [9.17, 15) is 4.79 Å². The molecule has 0 radical (unpaired) electrons. The van der Waals surface area contributed by atoms with E-state index in [1.54, 1.807) is 0 Å². The van der Waals surface area contributed by atoms with Gasteiger partial charge in [0.15, 0.2) is 5.69 Å². The number of ether oxygens (including phenoxy) is 1. The van der Waals surface area contributed by atoms with Gasteiger partial charge in [0.25, 0.3) is 5.91 Å². The van der Waals surface area contributed by atoms with Gasteiger partial charge in [0.1, 0.15) is 0 Å². The first-order valence-electron chi connectivity index (χ1n) is 9.07. The zero-order chi connectivity index (χ0) is 16.4. The third-order valence-corrected chi connectivity index (χ3v) is 5.90. The van der Waals surface area contributed by atoms with Gasteiger partial charge < -0.3 is 14.5 Å². The zero-order valence-electron chi connectivity index (χ0n) is 14.1. The van der Waals surface area contributed by atoms with Crippen LogP contribution in [0.15, 0.2) is 12.1 Å². The van der Waals surface area contributed by atoms with E-state index in [-0.39, 0.29) is 5.91 Å². The fourth-order valence-electron chi connectivity index (χ4n) is 3.29. The molecule has 1 aromatic heterocycles. The normalized spacial score (nSPS) is 21.2. The second-order valence-electron chi connectivity index (χ2n) is 6.87. The molecule has 0 unspecified atom stereocenters. The average molecular weight is 347 g/mol. The molecule has 2 saturated heterocycles. The van der Waals surface area contributed by atoms with Gasteiger partial charge in [0, 0.05) is 43.8 Å². The Hall–Kier alpha value is -1.43. The van der Waals surface area contributed by atoms with Crippen molar-refractivity contribution in [2.24, 2.45) is 5.92 Å². The van der Waals surface area contributed by atoms with Crippen molar-refractivity contribution in [1.29, 1.82) is 0 Å². The lowest BCUT2D eigenvalue weighted by Crippen LogP contribution is -2.39. The lowest BCUT2D eigenvalue weighted by molar-refractivity contribution is 0.0766. The summed E-state index contributed by atoms with van der Waals surface area (Å²) in [5.41, 5.74) is 1.56. The fourth-order valence-corrected chi connectivity index (χ4v) is 4.19. The number of rotatable bonds is 5. The van der Waals surface area contributed by atoms with Gasteiger partial charge in [-0.1, -0.05) is 0 Å². The monoisotopic (exact) mass is 347 g/mol. The topological polar surface area (TPSA) is 45.7 Å². The van der Waals surface area contributed by atoms with Gasteiger partial charge >= 0.3 is 0 Å². The molecular weight excluding hydrogens is 322 g/mol. The number of carbonyl (C=O) groups is 1. The Labute approximate surface area is 147 Å². The fraction of sp³-hybridized carbons (Fsp3) is 0.667. The number of nitrogens with zero attached hydrogens (tertiary/aromatic N) is 3. The van der Waals surface area contributed by atoms with Gasteiger partial charge in [-0.3, -0.25) is 4.79 Å². The first-order chi connectivity index (χ1) is 11.8. The minimum atomic E-state index is 0.0640. The van der Waals surface area contributed by atoms with E-state index in [0.717, 1.165) is 50.0 Å². The highest BCUT2D eigenvalue weighted by molar-refractivity contribution is 7.99. The molecule has 1 aromatic rings. The summed E-state index contributed by atoms with van der Waals surface area (Å²) in [4.78, 5) is 21.9. The molecule has 4 rings (SSSR count). The van der Waals surface area contributed by atoms with Crippen LogP contribution in [0.3, 0.4) is 0 Å². The number of hydrogen-bond donors (Lipinski definition) is 0. The predicted octanol–water partition coefficient (Wildman–Crippen LogP) is 2.66. The Kier molecular flexibility index (Phi) is 4.83.